The van der Waals surface area contributed by atoms with Crippen LogP contribution in [0.5, 0.6) is 0 Å². The van der Waals surface area contributed by atoms with E-state index in [1.165, 1.54) is 31.2 Å². The van der Waals surface area contributed by atoms with Gasteiger partial charge in [-0.25, -0.2) is 0 Å². The SMILES string of the molecule is CCNCC1(c2ccc(C(C)C)cc2)CC2(CC2)C1. The van der Waals surface area contributed by atoms with Crippen molar-refractivity contribution in [1.82, 2.24) is 5.32 Å². The van der Waals surface area contributed by atoms with Crippen molar-refractivity contribution in [1.29, 1.82) is 0 Å². The minimum Gasteiger partial charge on any atom is -0.316 e. The van der Waals surface area contributed by atoms with E-state index in [1.807, 2.05) is 0 Å². The quantitative estimate of drug-likeness (QED) is 0.832. The van der Waals surface area contributed by atoms with Crippen LogP contribution in [0.1, 0.15) is 63.5 Å². The molecule has 19 heavy (non-hydrogen) atoms. The van der Waals surface area contributed by atoms with E-state index in [2.05, 4.69) is 50.4 Å². The highest BCUT2D eigenvalue weighted by atomic mass is 14.9. The molecule has 1 aromatic rings. The molecule has 0 bridgehead atoms. The molecule has 0 heterocycles. The van der Waals surface area contributed by atoms with Crippen LogP contribution in [0.2, 0.25) is 0 Å². The van der Waals surface area contributed by atoms with E-state index in [0.717, 1.165) is 18.5 Å². The fraction of sp³-hybridized carbons (Fsp3) is 0.667. The molecule has 2 aliphatic rings. The molecule has 2 aliphatic carbocycles. The number of nitrogens with one attached hydrogen (secondary N) is 1. The molecule has 104 valence electrons. The summed E-state index contributed by atoms with van der Waals surface area (Å²) in [6.07, 6.45) is 5.78. The van der Waals surface area contributed by atoms with Crippen molar-refractivity contribution in [3.05, 3.63) is 35.4 Å². The van der Waals surface area contributed by atoms with E-state index in [0.29, 0.717) is 11.3 Å². The van der Waals surface area contributed by atoms with Crippen molar-refractivity contribution in [2.75, 3.05) is 13.1 Å². The van der Waals surface area contributed by atoms with Crippen LogP contribution in [-0.4, -0.2) is 13.1 Å². The van der Waals surface area contributed by atoms with Gasteiger partial charge in [0.25, 0.3) is 0 Å². The van der Waals surface area contributed by atoms with Gasteiger partial charge in [0.15, 0.2) is 0 Å². The molecule has 0 unspecified atom stereocenters. The summed E-state index contributed by atoms with van der Waals surface area (Å²) in [5.74, 6) is 0.634. The maximum Gasteiger partial charge on any atom is 0.00883 e. The third-order valence-electron chi connectivity index (χ3n) is 5.29. The van der Waals surface area contributed by atoms with E-state index in [4.69, 9.17) is 0 Å². The van der Waals surface area contributed by atoms with Crippen LogP contribution < -0.4 is 5.32 Å². The molecule has 3 rings (SSSR count). The molecule has 0 atom stereocenters. The van der Waals surface area contributed by atoms with Gasteiger partial charge in [0.05, 0.1) is 0 Å². The summed E-state index contributed by atoms with van der Waals surface area (Å²) < 4.78 is 0. The highest BCUT2D eigenvalue weighted by Gasteiger charge is 2.60. The Bertz CT molecular complexity index is 431. The molecule has 1 heteroatoms. The summed E-state index contributed by atoms with van der Waals surface area (Å²) in [7, 11) is 0. The van der Waals surface area contributed by atoms with Crippen molar-refractivity contribution in [2.24, 2.45) is 5.41 Å². The smallest absolute Gasteiger partial charge is 0.00883 e. The lowest BCUT2D eigenvalue weighted by Gasteiger charge is -2.49. The van der Waals surface area contributed by atoms with Crippen LogP contribution in [-0.2, 0) is 5.41 Å². The monoisotopic (exact) mass is 257 g/mol. The Hall–Kier alpha value is -0.820. The number of hydrogen-bond acceptors (Lipinski definition) is 1. The Kier molecular flexibility index (Phi) is 3.21. The first-order valence-electron chi connectivity index (χ1n) is 7.90. The number of likely N-dealkylation sites (N-methyl/N-ethyl adjacent to an activating group) is 1. The van der Waals surface area contributed by atoms with Crippen LogP contribution in [0.4, 0.5) is 0 Å². The average molecular weight is 257 g/mol. The van der Waals surface area contributed by atoms with E-state index in [9.17, 15) is 0 Å². The van der Waals surface area contributed by atoms with E-state index < -0.39 is 0 Å². The van der Waals surface area contributed by atoms with Crippen LogP contribution in [0.3, 0.4) is 0 Å². The summed E-state index contributed by atoms with van der Waals surface area (Å²) in [5, 5.41) is 3.59. The van der Waals surface area contributed by atoms with Gasteiger partial charge in [-0.3, -0.25) is 0 Å². The second-order valence-electron chi connectivity index (χ2n) is 7.19. The third-order valence-corrected chi connectivity index (χ3v) is 5.29. The molecule has 0 saturated heterocycles. The number of rotatable bonds is 5. The topological polar surface area (TPSA) is 12.0 Å². The zero-order valence-electron chi connectivity index (χ0n) is 12.6. The van der Waals surface area contributed by atoms with Gasteiger partial charge in [-0.1, -0.05) is 45.0 Å². The first kappa shape index (κ1) is 13.2. The van der Waals surface area contributed by atoms with Crippen LogP contribution >= 0.6 is 0 Å². The molecule has 1 aromatic carbocycles. The summed E-state index contributed by atoms with van der Waals surface area (Å²) in [4.78, 5) is 0. The third kappa shape index (κ3) is 2.33. The van der Waals surface area contributed by atoms with Crippen molar-refractivity contribution >= 4 is 0 Å². The summed E-state index contributed by atoms with van der Waals surface area (Å²) in [5.41, 5.74) is 4.21. The second-order valence-corrected chi connectivity index (χ2v) is 7.19. The molecule has 1 N–H and O–H groups in total. The minimum atomic E-state index is 0.433. The largest absolute Gasteiger partial charge is 0.316 e. The highest BCUT2D eigenvalue weighted by molar-refractivity contribution is 5.36. The Morgan fingerprint density at radius 1 is 1.11 bits per heavy atom. The van der Waals surface area contributed by atoms with Crippen molar-refractivity contribution < 1.29 is 0 Å². The molecule has 1 nitrogen and oxygen atoms in total. The maximum atomic E-state index is 3.59. The predicted octanol–water partition coefficient (Wildman–Crippen LogP) is 4.23. The molecule has 0 aliphatic heterocycles. The van der Waals surface area contributed by atoms with Crippen molar-refractivity contribution in [3.63, 3.8) is 0 Å². The zero-order chi connectivity index (χ0) is 13.5. The summed E-state index contributed by atoms with van der Waals surface area (Å²) >= 11 is 0. The normalized spacial score (nSPS) is 22.5. The maximum absolute atomic E-state index is 3.59. The molecule has 2 fully saturated rings. The van der Waals surface area contributed by atoms with Gasteiger partial charge in [0.1, 0.15) is 0 Å². The fourth-order valence-electron chi connectivity index (χ4n) is 3.93. The molecule has 1 spiro atoms. The van der Waals surface area contributed by atoms with Gasteiger partial charge in [0, 0.05) is 12.0 Å². The van der Waals surface area contributed by atoms with Gasteiger partial charge in [0.2, 0.25) is 0 Å². The van der Waals surface area contributed by atoms with Gasteiger partial charge in [-0.05, 0) is 54.7 Å². The summed E-state index contributed by atoms with van der Waals surface area (Å²) in [6, 6.07) is 9.46. The Labute approximate surface area is 117 Å². The van der Waals surface area contributed by atoms with E-state index in [-0.39, 0.29) is 0 Å². The van der Waals surface area contributed by atoms with Crippen LogP contribution in [0.25, 0.3) is 0 Å². The predicted molar refractivity (Wildman–Crippen MR) is 81.7 cm³/mol. The Morgan fingerprint density at radius 2 is 1.74 bits per heavy atom. The Balaban J connectivity index is 1.79. The fourth-order valence-corrected chi connectivity index (χ4v) is 3.93. The lowest BCUT2D eigenvalue weighted by molar-refractivity contribution is 0.117. The zero-order valence-corrected chi connectivity index (χ0v) is 12.6. The van der Waals surface area contributed by atoms with Crippen LogP contribution in [0, 0.1) is 5.41 Å². The average Bonchev–Trinajstić information content (AvgIpc) is 3.15. The molecular weight excluding hydrogens is 230 g/mol. The lowest BCUT2D eigenvalue weighted by atomic mass is 9.56. The standard InChI is InChI=1S/C18H27N/c1-4-19-13-18(11-17(12-18)9-10-17)16-7-5-15(6-8-16)14(2)3/h5-8,14,19H,4,9-13H2,1-3H3. The van der Waals surface area contributed by atoms with Crippen LogP contribution in [0.15, 0.2) is 24.3 Å². The van der Waals surface area contributed by atoms with Gasteiger partial charge in [-0.2, -0.15) is 0 Å². The molecule has 0 radical (unpaired) electrons. The number of benzene rings is 1. The first-order chi connectivity index (χ1) is 9.09. The number of hydrogen-bond donors (Lipinski definition) is 1. The first-order valence-corrected chi connectivity index (χ1v) is 7.90. The second kappa shape index (κ2) is 4.63. The van der Waals surface area contributed by atoms with Crippen molar-refractivity contribution in [3.8, 4) is 0 Å². The lowest BCUT2D eigenvalue weighted by Crippen LogP contribution is -2.49. The van der Waals surface area contributed by atoms with Gasteiger partial charge >= 0.3 is 0 Å². The molecule has 0 aromatic heterocycles. The van der Waals surface area contributed by atoms with Gasteiger partial charge in [-0.15, -0.1) is 0 Å². The molecule has 2 saturated carbocycles. The Morgan fingerprint density at radius 3 is 2.21 bits per heavy atom. The summed E-state index contributed by atoms with van der Waals surface area (Å²) in [6.45, 7) is 8.99. The van der Waals surface area contributed by atoms with Crippen molar-refractivity contribution in [2.45, 2.75) is 57.8 Å². The molecule has 0 amide bonds. The molecular formula is C18H27N. The highest BCUT2D eigenvalue weighted by Crippen LogP contribution is 2.68. The minimum absolute atomic E-state index is 0.433. The van der Waals surface area contributed by atoms with E-state index in [1.54, 1.807) is 5.56 Å². The van der Waals surface area contributed by atoms with E-state index >= 15 is 0 Å². The van der Waals surface area contributed by atoms with Gasteiger partial charge < -0.3 is 5.32 Å².